The van der Waals surface area contributed by atoms with E-state index in [1.165, 1.54) is 46.7 Å². The van der Waals surface area contributed by atoms with Gasteiger partial charge in [-0.15, -0.1) is 0 Å². The van der Waals surface area contributed by atoms with Crippen molar-refractivity contribution in [1.29, 1.82) is 0 Å². The van der Waals surface area contributed by atoms with Gasteiger partial charge in [0, 0.05) is 19.7 Å². The van der Waals surface area contributed by atoms with Crippen molar-refractivity contribution < 1.29 is 13.9 Å². The molecule has 0 amide bonds. The number of aromatic amines is 1. The van der Waals surface area contributed by atoms with Gasteiger partial charge in [0.1, 0.15) is 18.2 Å². The predicted octanol–water partition coefficient (Wildman–Crippen LogP) is 3.50. The number of aromatic nitrogens is 3. The van der Waals surface area contributed by atoms with Crippen LogP contribution in [0.5, 0.6) is 5.75 Å². The van der Waals surface area contributed by atoms with E-state index in [0.717, 1.165) is 0 Å². The smallest absolute Gasteiger partial charge is 0.281 e. The summed E-state index contributed by atoms with van der Waals surface area (Å²) in [4.78, 5) is 26.1. The fourth-order valence-electron chi connectivity index (χ4n) is 3.37. The third-order valence-electron chi connectivity index (χ3n) is 4.87. The number of rotatable bonds is 7. The monoisotopic (exact) mass is 443 g/mol. The van der Waals surface area contributed by atoms with E-state index in [4.69, 9.17) is 21.1 Å². The maximum Gasteiger partial charge on any atom is 0.281 e. The van der Waals surface area contributed by atoms with Crippen LogP contribution < -0.4 is 15.9 Å². The Bertz CT molecular complexity index is 1340. The fourth-order valence-corrected chi connectivity index (χ4v) is 3.59. The van der Waals surface area contributed by atoms with E-state index in [9.17, 15) is 14.0 Å². The number of hydrogen-bond acceptors (Lipinski definition) is 4. The Morgan fingerprint density at radius 1 is 1.10 bits per heavy atom. The molecule has 9 heteroatoms. The number of H-pyrrole nitrogens is 1. The first-order chi connectivity index (χ1) is 15.0. The van der Waals surface area contributed by atoms with Gasteiger partial charge in [0.25, 0.3) is 11.1 Å². The molecule has 4 aromatic rings. The van der Waals surface area contributed by atoms with E-state index < -0.39 is 0 Å². The summed E-state index contributed by atoms with van der Waals surface area (Å²) >= 11 is 6.26. The van der Waals surface area contributed by atoms with Gasteiger partial charge in [-0.1, -0.05) is 23.7 Å². The molecular weight excluding hydrogens is 425 g/mol. The molecule has 0 saturated carbocycles. The Hall–Kier alpha value is -3.36. The van der Waals surface area contributed by atoms with E-state index >= 15 is 0 Å². The number of nitrogens with zero attached hydrogens (tertiary/aromatic N) is 2. The zero-order chi connectivity index (χ0) is 22.0. The molecule has 31 heavy (non-hydrogen) atoms. The van der Waals surface area contributed by atoms with Crippen LogP contribution in [-0.2, 0) is 17.9 Å². The largest absolute Gasteiger partial charge is 0.487 e. The number of methoxy groups -OCH3 is 1. The van der Waals surface area contributed by atoms with Gasteiger partial charge in [-0.2, -0.15) is 0 Å². The second kappa shape index (κ2) is 8.79. The Balaban J connectivity index is 1.87. The number of pyridine rings is 1. The highest BCUT2D eigenvalue weighted by Crippen LogP contribution is 2.21. The third kappa shape index (κ3) is 4.12. The number of hydrogen-bond donors (Lipinski definition) is 1. The molecule has 160 valence electrons. The van der Waals surface area contributed by atoms with E-state index in [0.29, 0.717) is 33.1 Å². The quantitative estimate of drug-likeness (QED) is 0.474. The Labute approximate surface area is 181 Å². The lowest BCUT2D eigenvalue weighted by Crippen LogP contribution is -2.27. The molecule has 1 N–H and O–H groups in total. The van der Waals surface area contributed by atoms with Crippen LogP contribution >= 0.6 is 11.6 Å². The minimum absolute atomic E-state index is 0.0719. The maximum atomic E-state index is 13.3. The Kier molecular flexibility index (Phi) is 5.92. The lowest BCUT2D eigenvalue weighted by Gasteiger charge is -2.14. The molecule has 0 spiro atoms. The number of halogens is 2. The molecule has 4 rings (SSSR count). The lowest BCUT2D eigenvalue weighted by molar-refractivity contribution is 0.183. The van der Waals surface area contributed by atoms with Gasteiger partial charge >= 0.3 is 0 Å². The van der Waals surface area contributed by atoms with E-state index in [2.05, 4.69) is 5.10 Å². The molecule has 0 fully saturated rings. The van der Waals surface area contributed by atoms with Gasteiger partial charge in [0.15, 0.2) is 0 Å². The molecule has 0 unspecified atom stereocenters. The minimum Gasteiger partial charge on any atom is -0.487 e. The molecular formula is C22H19ClFN3O4. The van der Waals surface area contributed by atoms with Crippen molar-refractivity contribution in [3.05, 3.63) is 91.8 Å². The topological polar surface area (TPSA) is 78.2 Å². The van der Waals surface area contributed by atoms with Gasteiger partial charge in [-0.05, 0) is 36.4 Å². The summed E-state index contributed by atoms with van der Waals surface area (Å²) in [6, 6.07) is 13.8. The summed E-state index contributed by atoms with van der Waals surface area (Å²) < 4.78 is 26.8. The number of para-hydroxylation sites is 1. The van der Waals surface area contributed by atoms with Crippen LogP contribution in [0, 0.1) is 5.82 Å². The van der Waals surface area contributed by atoms with Crippen LogP contribution in [0.1, 0.15) is 5.69 Å². The zero-order valence-corrected chi connectivity index (χ0v) is 17.4. The van der Waals surface area contributed by atoms with E-state index in [1.807, 2.05) is 0 Å². The van der Waals surface area contributed by atoms with Gasteiger partial charge in [0.05, 0.1) is 33.9 Å². The van der Waals surface area contributed by atoms with Crippen LogP contribution in [0.4, 0.5) is 4.39 Å². The zero-order valence-electron chi connectivity index (χ0n) is 16.6. The van der Waals surface area contributed by atoms with Crippen molar-refractivity contribution >= 4 is 22.5 Å². The van der Waals surface area contributed by atoms with Crippen LogP contribution in [0.15, 0.2) is 64.2 Å². The summed E-state index contributed by atoms with van der Waals surface area (Å²) in [5.41, 5.74) is 0.533. The first-order valence-corrected chi connectivity index (χ1v) is 9.87. The molecule has 0 bridgehead atoms. The number of fused-ring (bicyclic) bond motifs is 1. The Morgan fingerprint density at radius 2 is 1.84 bits per heavy atom. The molecule has 0 aliphatic carbocycles. The second-order valence-electron chi connectivity index (χ2n) is 6.81. The van der Waals surface area contributed by atoms with Crippen molar-refractivity contribution in [2.24, 2.45) is 0 Å². The van der Waals surface area contributed by atoms with Crippen molar-refractivity contribution in [3.63, 3.8) is 0 Å². The number of ether oxygens (including phenoxy) is 2. The van der Waals surface area contributed by atoms with Crippen LogP contribution in [0.2, 0.25) is 5.02 Å². The van der Waals surface area contributed by atoms with Crippen LogP contribution in [0.3, 0.4) is 0 Å². The first kappa shape index (κ1) is 20.9. The molecule has 7 nitrogen and oxygen atoms in total. The molecule has 0 saturated heterocycles. The molecule has 0 aliphatic rings. The van der Waals surface area contributed by atoms with Gasteiger partial charge in [-0.3, -0.25) is 14.7 Å². The summed E-state index contributed by atoms with van der Waals surface area (Å²) in [6.45, 7) is 0.444. The predicted molar refractivity (Wildman–Crippen MR) is 116 cm³/mol. The molecule has 2 aromatic heterocycles. The van der Waals surface area contributed by atoms with Crippen molar-refractivity contribution in [2.75, 3.05) is 13.7 Å². The van der Waals surface area contributed by atoms with Crippen molar-refractivity contribution in [1.82, 2.24) is 14.3 Å². The third-order valence-corrected chi connectivity index (χ3v) is 5.19. The highest BCUT2D eigenvalue weighted by atomic mass is 35.5. The summed E-state index contributed by atoms with van der Waals surface area (Å²) in [5.74, 6) is 0.0193. The molecule has 0 radical (unpaired) electrons. The average Bonchev–Trinajstić information content (AvgIpc) is 3.08. The number of nitrogens with one attached hydrogen (secondary N) is 1. The SMILES string of the molecule is COCCn1c(COc2ccc(F)cc2)c2c(=O)n(-c3ccccc3Cl)[nH]c2cc1=O. The summed E-state index contributed by atoms with van der Waals surface area (Å²) in [7, 11) is 1.53. The van der Waals surface area contributed by atoms with Gasteiger partial charge in [0.2, 0.25) is 0 Å². The molecule has 0 aliphatic heterocycles. The van der Waals surface area contributed by atoms with Crippen molar-refractivity contribution in [2.45, 2.75) is 13.2 Å². The van der Waals surface area contributed by atoms with Gasteiger partial charge in [-0.25, -0.2) is 9.07 Å². The fraction of sp³-hybridized carbons (Fsp3) is 0.182. The molecule has 0 atom stereocenters. The standard InChI is InChI=1S/C22H19ClFN3O4/c1-30-11-10-26-19(13-31-15-8-6-14(24)7-9-15)21-17(12-20(26)28)25-27(22(21)29)18-5-3-2-4-16(18)23/h2-9,12,25H,10-11,13H2,1H3. The second-order valence-corrected chi connectivity index (χ2v) is 7.22. The Morgan fingerprint density at radius 3 is 2.55 bits per heavy atom. The minimum atomic E-state index is -0.389. The highest BCUT2D eigenvalue weighted by Gasteiger charge is 2.19. The summed E-state index contributed by atoms with van der Waals surface area (Å²) in [5, 5.41) is 3.65. The van der Waals surface area contributed by atoms with E-state index in [1.54, 1.807) is 24.3 Å². The highest BCUT2D eigenvalue weighted by molar-refractivity contribution is 6.32. The van der Waals surface area contributed by atoms with Gasteiger partial charge < -0.3 is 14.0 Å². The summed E-state index contributed by atoms with van der Waals surface area (Å²) in [6.07, 6.45) is 0. The van der Waals surface area contributed by atoms with Crippen LogP contribution in [-0.4, -0.2) is 28.1 Å². The number of benzene rings is 2. The van der Waals surface area contributed by atoms with E-state index in [-0.39, 0.29) is 36.7 Å². The van der Waals surface area contributed by atoms with Crippen LogP contribution in [0.25, 0.3) is 16.6 Å². The van der Waals surface area contributed by atoms with Crippen molar-refractivity contribution in [3.8, 4) is 11.4 Å². The maximum absolute atomic E-state index is 13.3. The molecule has 2 aromatic carbocycles. The first-order valence-electron chi connectivity index (χ1n) is 9.49. The lowest BCUT2D eigenvalue weighted by atomic mass is 10.2. The normalized spacial score (nSPS) is 11.2. The molecule has 2 heterocycles. The average molecular weight is 444 g/mol.